The number of carbonyl (C=O) groups excluding carboxylic acids is 2. The molecule has 0 aromatic carbocycles. The van der Waals surface area contributed by atoms with Crippen LogP contribution in [-0.4, -0.2) is 25.2 Å². The Morgan fingerprint density at radius 3 is 1.53 bits per heavy atom. The van der Waals surface area contributed by atoms with Gasteiger partial charge in [-0.3, -0.25) is 9.59 Å². The van der Waals surface area contributed by atoms with Crippen molar-refractivity contribution in [3.63, 3.8) is 0 Å². The van der Waals surface area contributed by atoms with Crippen LogP contribution in [0.25, 0.3) is 0 Å². The fraction of sp³-hybridized carbons (Fsp3) is 0.846. The van der Waals surface area contributed by atoms with E-state index in [0.29, 0.717) is 32.5 Å². The molecule has 0 aliphatic heterocycles. The molecule has 100 valence electrons. The molecule has 0 aliphatic rings. The van der Waals surface area contributed by atoms with Gasteiger partial charge in [-0.25, -0.2) is 0 Å². The third kappa shape index (κ3) is 11.2. The Labute approximate surface area is 104 Å². The third-order valence-electron chi connectivity index (χ3n) is 2.28. The first kappa shape index (κ1) is 15.9. The Morgan fingerprint density at radius 1 is 0.765 bits per heavy atom. The second kappa shape index (κ2) is 11.4. The van der Waals surface area contributed by atoms with E-state index in [4.69, 9.17) is 9.47 Å². The molecule has 4 heteroatoms. The van der Waals surface area contributed by atoms with Crippen LogP contribution in [0.15, 0.2) is 0 Å². The summed E-state index contributed by atoms with van der Waals surface area (Å²) in [6.45, 7) is 5.05. The van der Waals surface area contributed by atoms with Crippen LogP contribution in [-0.2, 0) is 19.1 Å². The molecular formula is C13H24O4. The van der Waals surface area contributed by atoms with Crippen molar-refractivity contribution in [1.29, 1.82) is 0 Å². The highest BCUT2D eigenvalue weighted by atomic mass is 16.5. The summed E-state index contributed by atoms with van der Waals surface area (Å²) in [7, 11) is 0. The Hall–Kier alpha value is -1.06. The topological polar surface area (TPSA) is 52.6 Å². The molecule has 0 rings (SSSR count). The van der Waals surface area contributed by atoms with E-state index < -0.39 is 0 Å². The van der Waals surface area contributed by atoms with Crippen LogP contribution in [0.2, 0.25) is 0 Å². The van der Waals surface area contributed by atoms with Crippen LogP contribution in [0.1, 0.15) is 58.8 Å². The van der Waals surface area contributed by atoms with E-state index >= 15 is 0 Å². The predicted molar refractivity (Wildman–Crippen MR) is 65.6 cm³/mol. The zero-order chi connectivity index (χ0) is 12.9. The zero-order valence-electron chi connectivity index (χ0n) is 11.0. The molecule has 4 nitrogen and oxygen atoms in total. The van der Waals surface area contributed by atoms with Crippen molar-refractivity contribution in [3.05, 3.63) is 0 Å². The largest absolute Gasteiger partial charge is 0.466 e. The highest BCUT2D eigenvalue weighted by molar-refractivity contribution is 5.72. The van der Waals surface area contributed by atoms with Crippen molar-refractivity contribution in [2.45, 2.75) is 58.8 Å². The predicted octanol–water partition coefficient (Wildman–Crippen LogP) is 2.84. The second-order valence-corrected chi connectivity index (χ2v) is 4.00. The molecule has 0 saturated heterocycles. The summed E-state index contributed by atoms with van der Waals surface area (Å²) in [4.78, 5) is 22.4. The zero-order valence-corrected chi connectivity index (χ0v) is 11.0. The Balaban J connectivity index is 3.36. The maximum absolute atomic E-state index is 11.2. The molecule has 0 N–H and O–H groups in total. The van der Waals surface area contributed by atoms with Gasteiger partial charge in [0.1, 0.15) is 0 Å². The first-order valence-electron chi connectivity index (χ1n) is 6.52. The summed E-state index contributed by atoms with van der Waals surface area (Å²) in [6.07, 6.45) is 4.92. The monoisotopic (exact) mass is 244 g/mol. The van der Waals surface area contributed by atoms with Gasteiger partial charge in [0.05, 0.1) is 13.2 Å². The Bertz CT molecular complexity index is 191. The van der Waals surface area contributed by atoms with Gasteiger partial charge in [-0.2, -0.15) is 0 Å². The van der Waals surface area contributed by atoms with E-state index in [2.05, 4.69) is 0 Å². The van der Waals surface area contributed by atoms with E-state index in [0.717, 1.165) is 25.7 Å². The van der Waals surface area contributed by atoms with Crippen molar-refractivity contribution >= 4 is 11.9 Å². The number of unbranched alkanes of at least 4 members (excludes halogenated alkanes) is 2. The number of hydrogen-bond donors (Lipinski definition) is 0. The molecule has 0 atom stereocenters. The first-order valence-corrected chi connectivity index (χ1v) is 6.52. The molecule has 0 amide bonds. The second-order valence-electron chi connectivity index (χ2n) is 4.00. The van der Waals surface area contributed by atoms with E-state index in [-0.39, 0.29) is 11.9 Å². The third-order valence-corrected chi connectivity index (χ3v) is 2.28. The number of ether oxygens (including phenoxy) is 2. The standard InChI is InChI=1S/C13H24O4/c1-3-5-10-16-12(14)8-7-9-13(15)17-11-6-4-2/h3-11H2,1-2H3. The normalized spacial score (nSPS) is 10.0. The fourth-order valence-electron chi connectivity index (χ4n) is 1.18. The van der Waals surface area contributed by atoms with Crippen LogP contribution in [0.3, 0.4) is 0 Å². The van der Waals surface area contributed by atoms with Gasteiger partial charge >= 0.3 is 11.9 Å². The minimum Gasteiger partial charge on any atom is -0.466 e. The molecule has 0 bridgehead atoms. The molecule has 0 aliphatic carbocycles. The highest BCUT2D eigenvalue weighted by Crippen LogP contribution is 2.01. The summed E-state index contributed by atoms with van der Waals surface area (Å²) in [5, 5.41) is 0. The van der Waals surface area contributed by atoms with Crippen LogP contribution < -0.4 is 0 Å². The lowest BCUT2D eigenvalue weighted by molar-refractivity contribution is -0.145. The molecule has 0 saturated carbocycles. The van der Waals surface area contributed by atoms with Crippen molar-refractivity contribution in [1.82, 2.24) is 0 Å². The summed E-state index contributed by atoms with van der Waals surface area (Å²) < 4.78 is 9.94. The number of esters is 2. The molecule has 0 fully saturated rings. The highest BCUT2D eigenvalue weighted by Gasteiger charge is 2.06. The van der Waals surface area contributed by atoms with Gasteiger partial charge in [0.2, 0.25) is 0 Å². The summed E-state index contributed by atoms with van der Waals surface area (Å²) in [5.41, 5.74) is 0. The number of hydrogen-bond acceptors (Lipinski definition) is 4. The van der Waals surface area contributed by atoms with E-state index in [1.54, 1.807) is 0 Å². The lowest BCUT2D eigenvalue weighted by Crippen LogP contribution is -2.09. The molecule has 0 aromatic heterocycles. The van der Waals surface area contributed by atoms with Crippen molar-refractivity contribution in [3.8, 4) is 0 Å². The van der Waals surface area contributed by atoms with Crippen molar-refractivity contribution < 1.29 is 19.1 Å². The number of rotatable bonds is 10. The maximum Gasteiger partial charge on any atom is 0.305 e. The molecule has 0 unspecified atom stereocenters. The minimum absolute atomic E-state index is 0.222. The van der Waals surface area contributed by atoms with E-state index in [1.807, 2.05) is 13.8 Å². The molecule has 0 radical (unpaired) electrons. The van der Waals surface area contributed by atoms with E-state index in [1.165, 1.54) is 0 Å². The molecular weight excluding hydrogens is 220 g/mol. The first-order chi connectivity index (χ1) is 8.20. The van der Waals surface area contributed by atoms with Crippen LogP contribution in [0.5, 0.6) is 0 Å². The maximum atomic E-state index is 11.2. The minimum atomic E-state index is -0.222. The van der Waals surface area contributed by atoms with Gasteiger partial charge < -0.3 is 9.47 Å². The molecule has 17 heavy (non-hydrogen) atoms. The summed E-state index contributed by atoms with van der Waals surface area (Å²) in [5.74, 6) is -0.445. The molecule has 0 spiro atoms. The lowest BCUT2D eigenvalue weighted by Gasteiger charge is -2.04. The van der Waals surface area contributed by atoms with E-state index in [9.17, 15) is 9.59 Å². The van der Waals surface area contributed by atoms with Gasteiger partial charge in [-0.05, 0) is 19.3 Å². The van der Waals surface area contributed by atoms with Gasteiger partial charge in [0.15, 0.2) is 0 Å². The Kier molecular flexibility index (Phi) is 10.7. The molecule has 0 heterocycles. The SMILES string of the molecule is CCCCOC(=O)CCCC(=O)OCCCC. The van der Waals surface area contributed by atoms with Gasteiger partial charge in [0, 0.05) is 12.8 Å². The fourth-order valence-corrected chi connectivity index (χ4v) is 1.18. The summed E-state index contributed by atoms with van der Waals surface area (Å²) >= 11 is 0. The Morgan fingerprint density at radius 2 is 1.18 bits per heavy atom. The lowest BCUT2D eigenvalue weighted by atomic mass is 10.2. The van der Waals surface area contributed by atoms with Gasteiger partial charge in [0.25, 0.3) is 0 Å². The van der Waals surface area contributed by atoms with Crippen molar-refractivity contribution in [2.24, 2.45) is 0 Å². The van der Waals surface area contributed by atoms with Crippen molar-refractivity contribution in [2.75, 3.05) is 13.2 Å². The molecule has 0 aromatic rings. The van der Waals surface area contributed by atoms with Crippen LogP contribution in [0.4, 0.5) is 0 Å². The quantitative estimate of drug-likeness (QED) is 0.438. The van der Waals surface area contributed by atoms with Gasteiger partial charge in [-0.1, -0.05) is 26.7 Å². The van der Waals surface area contributed by atoms with Gasteiger partial charge in [-0.15, -0.1) is 0 Å². The number of carbonyl (C=O) groups is 2. The van der Waals surface area contributed by atoms with Crippen LogP contribution in [0, 0.1) is 0 Å². The average Bonchev–Trinajstić information content (AvgIpc) is 2.30. The smallest absolute Gasteiger partial charge is 0.305 e. The summed E-state index contributed by atoms with van der Waals surface area (Å²) in [6, 6.07) is 0. The average molecular weight is 244 g/mol. The van der Waals surface area contributed by atoms with Crippen LogP contribution >= 0.6 is 0 Å².